The number of methoxy groups -OCH3 is 1. The summed E-state index contributed by atoms with van der Waals surface area (Å²) in [5, 5.41) is 11.4. The molecule has 0 saturated carbocycles. The highest BCUT2D eigenvalue weighted by Gasteiger charge is 2.31. The molecule has 1 atom stereocenters. The van der Waals surface area contributed by atoms with E-state index >= 15 is 0 Å². The summed E-state index contributed by atoms with van der Waals surface area (Å²) in [7, 11) is 1.47. The number of amides is 2. The average Bonchev–Trinajstić information content (AvgIpc) is 2.25. The quantitative estimate of drug-likeness (QED) is 0.662. The van der Waals surface area contributed by atoms with E-state index < -0.39 is 12.1 Å². The van der Waals surface area contributed by atoms with E-state index in [1.165, 1.54) is 12.0 Å². The molecule has 0 spiro atoms. The SMILES string of the molecule is COCNC(=O)C1CCCCN1C(=O)O. The highest BCUT2D eigenvalue weighted by atomic mass is 16.5. The van der Waals surface area contributed by atoms with Crippen LogP contribution in [0.2, 0.25) is 0 Å². The molecule has 1 rings (SSSR count). The van der Waals surface area contributed by atoms with Crippen molar-refractivity contribution in [3.63, 3.8) is 0 Å². The molecule has 0 bridgehead atoms. The van der Waals surface area contributed by atoms with E-state index in [0.717, 1.165) is 12.8 Å². The van der Waals surface area contributed by atoms with Gasteiger partial charge in [0.05, 0.1) is 0 Å². The van der Waals surface area contributed by atoms with Crippen molar-refractivity contribution in [3.05, 3.63) is 0 Å². The minimum atomic E-state index is -1.03. The first-order valence-corrected chi connectivity index (χ1v) is 4.93. The normalized spacial score (nSPS) is 21.1. The van der Waals surface area contributed by atoms with Crippen LogP contribution in [0.15, 0.2) is 0 Å². The second-order valence-electron chi connectivity index (χ2n) is 3.46. The number of piperidine rings is 1. The first-order chi connectivity index (χ1) is 7.16. The smallest absolute Gasteiger partial charge is 0.407 e. The topological polar surface area (TPSA) is 78.9 Å². The molecule has 2 N–H and O–H groups in total. The lowest BCUT2D eigenvalue weighted by atomic mass is 10.0. The van der Waals surface area contributed by atoms with E-state index in [-0.39, 0.29) is 12.6 Å². The summed E-state index contributed by atoms with van der Waals surface area (Å²) in [5.41, 5.74) is 0. The minimum absolute atomic E-state index is 0.114. The summed E-state index contributed by atoms with van der Waals surface area (Å²) in [4.78, 5) is 23.6. The zero-order valence-corrected chi connectivity index (χ0v) is 8.73. The Balaban J connectivity index is 2.55. The van der Waals surface area contributed by atoms with Crippen LogP contribution in [0.4, 0.5) is 4.79 Å². The molecule has 6 nitrogen and oxygen atoms in total. The number of rotatable bonds is 3. The number of carboxylic acid groups (broad SMARTS) is 1. The van der Waals surface area contributed by atoms with E-state index in [4.69, 9.17) is 9.84 Å². The van der Waals surface area contributed by atoms with Gasteiger partial charge in [-0.05, 0) is 19.3 Å². The zero-order chi connectivity index (χ0) is 11.3. The Kier molecular flexibility index (Phi) is 4.36. The number of carbonyl (C=O) groups is 2. The fraction of sp³-hybridized carbons (Fsp3) is 0.778. The molecule has 0 radical (unpaired) electrons. The van der Waals surface area contributed by atoms with Gasteiger partial charge in [0.1, 0.15) is 12.8 Å². The zero-order valence-electron chi connectivity index (χ0n) is 8.73. The number of carbonyl (C=O) groups excluding carboxylic acids is 1. The molecule has 1 saturated heterocycles. The van der Waals surface area contributed by atoms with Gasteiger partial charge in [-0.15, -0.1) is 0 Å². The van der Waals surface area contributed by atoms with Gasteiger partial charge in [-0.2, -0.15) is 0 Å². The van der Waals surface area contributed by atoms with E-state index in [1.54, 1.807) is 0 Å². The lowest BCUT2D eigenvalue weighted by Crippen LogP contribution is -2.51. The minimum Gasteiger partial charge on any atom is -0.465 e. The van der Waals surface area contributed by atoms with Crippen LogP contribution >= 0.6 is 0 Å². The standard InChI is InChI=1S/C9H16N2O4/c1-15-6-10-8(12)7-4-2-3-5-11(7)9(13)14/h7H,2-6H2,1H3,(H,10,12)(H,13,14). The molecular weight excluding hydrogens is 200 g/mol. The maximum absolute atomic E-state index is 11.6. The lowest BCUT2D eigenvalue weighted by molar-refractivity contribution is -0.128. The number of hydrogen-bond acceptors (Lipinski definition) is 3. The van der Waals surface area contributed by atoms with E-state index in [2.05, 4.69) is 5.32 Å². The lowest BCUT2D eigenvalue weighted by Gasteiger charge is -2.32. The summed E-state index contributed by atoms with van der Waals surface area (Å²) in [6, 6.07) is -0.564. The van der Waals surface area contributed by atoms with Crippen molar-refractivity contribution >= 4 is 12.0 Å². The van der Waals surface area contributed by atoms with Crippen molar-refractivity contribution in [3.8, 4) is 0 Å². The molecule has 0 aromatic rings. The third kappa shape index (κ3) is 3.09. The Morgan fingerprint density at radius 2 is 2.27 bits per heavy atom. The van der Waals surface area contributed by atoms with Gasteiger partial charge in [0.2, 0.25) is 5.91 Å². The van der Waals surface area contributed by atoms with Crippen LogP contribution < -0.4 is 5.32 Å². The molecule has 0 aliphatic carbocycles. The first-order valence-electron chi connectivity index (χ1n) is 4.93. The number of nitrogens with zero attached hydrogens (tertiary/aromatic N) is 1. The molecule has 0 aromatic heterocycles. The van der Waals surface area contributed by atoms with Gasteiger partial charge in [0, 0.05) is 13.7 Å². The molecule has 15 heavy (non-hydrogen) atoms. The Morgan fingerprint density at radius 3 is 2.87 bits per heavy atom. The molecule has 2 amide bonds. The predicted octanol–water partition coefficient (Wildman–Crippen LogP) is 0.239. The predicted molar refractivity (Wildman–Crippen MR) is 52.4 cm³/mol. The van der Waals surface area contributed by atoms with Crippen molar-refractivity contribution in [2.24, 2.45) is 0 Å². The van der Waals surface area contributed by atoms with Gasteiger partial charge in [-0.1, -0.05) is 0 Å². The van der Waals surface area contributed by atoms with Crippen LogP contribution in [0.25, 0.3) is 0 Å². The fourth-order valence-electron chi connectivity index (χ4n) is 1.69. The van der Waals surface area contributed by atoms with Crippen LogP contribution in [-0.4, -0.2) is 48.4 Å². The Bertz CT molecular complexity index is 244. The molecule has 1 aliphatic heterocycles. The van der Waals surface area contributed by atoms with Gasteiger partial charge in [0.15, 0.2) is 0 Å². The molecule has 6 heteroatoms. The Labute approximate surface area is 88.2 Å². The molecule has 86 valence electrons. The van der Waals surface area contributed by atoms with Crippen LogP contribution in [0, 0.1) is 0 Å². The van der Waals surface area contributed by atoms with Crippen molar-refractivity contribution < 1.29 is 19.4 Å². The van der Waals surface area contributed by atoms with Gasteiger partial charge >= 0.3 is 6.09 Å². The maximum Gasteiger partial charge on any atom is 0.407 e. The van der Waals surface area contributed by atoms with Crippen LogP contribution in [-0.2, 0) is 9.53 Å². The van der Waals surface area contributed by atoms with Gasteiger partial charge in [-0.25, -0.2) is 4.79 Å². The molecule has 1 unspecified atom stereocenters. The summed E-state index contributed by atoms with van der Waals surface area (Å²) in [6.45, 7) is 0.545. The molecule has 1 heterocycles. The summed E-state index contributed by atoms with van der Waals surface area (Å²) in [6.07, 6.45) is 1.25. The van der Waals surface area contributed by atoms with E-state index in [1.807, 2.05) is 0 Å². The number of nitrogens with one attached hydrogen (secondary N) is 1. The second-order valence-corrected chi connectivity index (χ2v) is 3.46. The van der Waals surface area contributed by atoms with Gasteiger partial charge in [-0.3, -0.25) is 9.69 Å². The second kappa shape index (κ2) is 5.55. The van der Waals surface area contributed by atoms with Gasteiger partial charge in [0.25, 0.3) is 0 Å². The highest BCUT2D eigenvalue weighted by Crippen LogP contribution is 2.16. The van der Waals surface area contributed by atoms with E-state index in [9.17, 15) is 9.59 Å². The average molecular weight is 216 g/mol. The Hall–Kier alpha value is -1.30. The fourth-order valence-corrected chi connectivity index (χ4v) is 1.69. The largest absolute Gasteiger partial charge is 0.465 e. The molecule has 1 fully saturated rings. The third-order valence-electron chi connectivity index (χ3n) is 2.44. The number of ether oxygens (including phenoxy) is 1. The van der Waals surface area contributed by atoms with Crippen LogP contribution in [0.5, 0.6) is 0 Å². The number of hydrogen-bond donors (Lipinski definition) is 2. The first kappa shape index (κ1) is 11.8. The summed E-state index contributed by atoms with van der Waals surface area (Å²) in [5.74, 6) is -0.279. The summed E-state index contributed by atoms with van der Waals surface area (Å²) < 4.78 is 4.70. The van der Waals surface area contributed by atoms with Crippen molar-refractivity contribution in [1.82, 2.24) is 10.2 Å². The third-order valence-corrected chi connectivity index (χ3v) is 2.44. The maximum atomic E-state index is 11.6. The summed E-state index contributed by atoms with van der Waals surface area (Å²) >= 11 is 0. The highest BCUT2D eigenvalue weighted by molar-refractivity contribution is 5.85. The molecular formula is C9H16N2O4. The molecule has 1 aliphatic rings. The van der Waals surface area contributed by atoms with Gasteiger partial charge < -0.3 is 15.2 Å². The van der Waals surface area contributed by atoms with Crippen molar-refractivity contribution in [1.29, 1.82) is 0 Å². The monoisotopic (exact) mass is 216 g/mol. The molecule has 0 aromatic carbocycles. The Morgan fingerprint density at radius 1 is 1.53 bits per heavy atom. The van der Waals surface area contributed by atoms with Crippen LogP contribution in [0.1, 0.15) is 19.3 Å². The van der Waals surface area contributed by atoms with Crippen LogP contribution in [0.3, 0.4) is 0 Å². The number of likely N-dealkylation sites (tertiary alicyclic amines) is 1. The van der Waals surface area contributed by atoms with Crippen molar-refractivity contribution in [2.45, 2.75) is 25.3 Å². The van der Waals surface area contributed by atoms with Crippen molar-refractivity contribution in [2.75, 3.05) is 20.4 Å². The van der Waals surface area contributed by atoms with E-state index in [0.29, 0.717) is 13.0 Å².